The van der Waals surface area contributed by atoms with Crippen LogP contribution in [0.1, 0.15) is 17.3 Å². The Kier molecular flexibility index (Phi) is 5.40. The Balaban J connectivity index is 2.63. The van der Waals surface area contributed by atoms with Gasteiger partial charge in [-0.05, 0) is 41.1 Å². The van der Waals surface area contributed by atoms with Crippen molar-refractivity contribution in [3.05, 3.63) is 28.2 Å². The van der Waals surface area contributed by atoms with Crippen LogP contribution in [0.4, 0.5) is 0 Å². The number of ether oxygens (including phenoxy) is 3. The largest absolute Gasteiger partial charge is 0.466 e. The van der Waals surface area contributed by atoms with Gasteiger partial charge in [0.05, 0.1) is 4.47 Å². The fraction of sp³-hybridized carbons (Fsp3) is 0.364. The van der Waals surface area contributed by atoms with Gasteiger partial charge in [-0.1, -0.05) is 0 Å². The highest BCUT2D eigenvalue weighted by Gasteiger charge is 2.07. The molecule has 2 N–H and O–H groups in total. The summed E-state index contributed by atoms with van der Waals surface area (Å²) < 4.78 is 16.1. The minimum atomic E-state index is -0.506. The Morgan fingerprint density at radius 2 is 2.24 bits per heavy atom. The van der Waals surface area contributed by atoms with Crippen molar-refractivity contribution in [1.82, 2.24) is 0 Å². The minimum absolute atomic E-state index is 0.0236. The topological polar surface area (TPSA) is 70.8 Å². The molecule has 1 amide bonds. The first-order valence-corrected chi connectivity index (χ1v) is 5.70. The van der Waals surface area contributed by atoms with Gasteiger partial charge in [-0.3, -0.25) is 4.79 Å². The van der Waals surface area contributed by atoms with E-state index in [2.05, 4.69) is 15.9 Å². The third-order valence-corrected chi connectivity index (χ3v) is 2.72. The molecule has 1 aromatic rings. The summed E-state index contributed by atoms with van der Waals surface area (Å²) in [5.41, 5.74) is 5.55. The van der Waals surface area contributed by atoms with Crippen LogP contribution in [0, 0.1) is 0 Å². The van der Waals surface area contributed by atoms with Crippen LogP contribution in [0.5, 0.6) is 5.75 Å². The Labute approximate surface area is 108 Å². The van der Waals surface area contributed by atoms with Crippen molar-refractivity contribution < 1.29 is 19.0 Å². The van der Waals surface area contributed by atoms with Gasteiger partial charge in [0.1, 0.15) is 5.75 Å². The van der Waals surface area contributed by atoms with Gasteiger partial charge in [-0.25, -0.2) is 0 Å². The van der Waals surface area contributed by atoms with Crippen LogP contribution in [0.3, 0.4) is 0 Å². The number of methoxy groups -OCH3 is 1. The summed E-state index contributed by atoms with van der Waals surface area (Å²) in [5.74, 6) is -0.0156. The lowest BCUT2D eigenvalue weighted by molar-refractivity contribution is -0.149. The summed E-state index contributed by atoms with van der Waals surface area (Å²) in [4.78, 5) is 11.0. The molecule has 0 saturated carbocycles. The average Bonchev–Trinajstić information content (AvgIpc) is 2.30. The first-order chi connectivity index (χ1) is 8.04. The van der Waals surface area contributed by atoms with Crippen LogP contribution in [0.15, 0.2) is 22.7 Å². The van der Waals surface area contributed by atoms with Crippen LogP contribution in [-0.2, 0) is 9.47 Å². The molecule has 0 spiro atoms. The summed E-state index contributed by atoms with van der Waals surface area (Å²) in [6.45, 7) is 1.77. The van der Waals surface area contributed by atoms with Crippen molar-refractivity contribution in [3.8, 4) is 5.75 Å². The third kappa shape index (κ3) is 4.33. The molecular formula is C11H14BrNO4. The van der Waals surface area contributed by atoms with Crippen molar-refractivity contribution >= 4 is 21.8 Å². The van der Waals surface area contributed by atoms with Gasteiger partial charge in [0, 0.05) is 12.7 Å². The number of nitrogens with two attached hydrogens (primary N) is 1. The minimum Gasteiger partial charge on any atom is -0.466 e. The first-order valence-electron chi connectivity index (χ1n) is 4.91. The highest BCUT2D eigenvalue weighted by Crippen LogP contribution is 2.26. The Morgan fingerprint density at radius 1 is 1.53 bits per heavy atom. The van der Waals surface area contributed by atoms with Gasteiger partial charge >= 0.3 is 0 Å². The number of primary amides is 1. The molecule has 0 radical (unpaired) electrons. The van der Waals surface area contributed by atoms with Crippen LogP contribution in [0.2, 0.25) is 0 Å². The van der Waals surface area contributed by atoms with E-state index in [9.17, 15) is 4.79 Å². The maximum Gasteiger partial charge on any atom is 0.248 e. The molecule has 94 valence electrons. The summed E-state index contributed by atoms with van der Waals surface area (Å²) in [6, 6.07) is 4.85. The van der Waals surface area contributed by atoms with Gasteiger partial charge in [0.25, 0.3) is 0 Å². The molecule has 5 nitrogen and oxygen atoms in total. The van der Waals surface area contributed by atoms with Gasteiger partial charge < -0.3 is 19.9 Å². The number of halogens is 1. The summed E-state index contributed by atoms with van der Waals surface area (Å²) in [6.07, 6.45) is -0.354. The number of benzene rings is 1. The van der Waals surface area contributed by atoms with E-state index in [0.29, 0.717) is 11.3 Å². The van der Waals surface area contributed by atoms with E-state index >= 15 is 0 Å². The van der Waals surface area contributed by atoms with Crippen LogP contribution in [0.25, 0.3) is 0 Å². The zero-order valence-electron chi connectivity index (χ0n) is 9.60. The molecule has 1 rings (SSSR count). The molecule has 1 atom stereocenters. The SMILES string of the molecule is COC(C)OCOc1cc(C(N)=O)ccc1Br. The second kappa shape index (κ2) is 6.58. The van der Waals surface area contributed by atoms with E-state index in [-0.39, 0.29) is 13.1 Å². The summed E-state index contributed by atoms with van der Waals surface area (Å²) in [5, 5.41) is 0. The lowest BCUT2D eigenvalue weighted by Gasteiger charge is -2.13. The molecule has 0 aliphatic heterocycles. The highest BCUT2D eigenvalue weighted by atomic mass is 79.9. The Bertz CT molecular complexity index is 397. The van der Waals surface area contributed by atoms with Gasteiger partial charge in [-0.15, -0.1) is 0 Å². The van der Waals surface area contributed by atoms with Crippen molar-refractivity contribution in [3.63, 3.8) is 0 Å². The molecule has 0 heterocycles. The molecule has 1 aromatic carbocycles. The molecule has 6 heteroatoms. The van der Waals surface area contributed by atoms with E-state index in [4.69, 9.17) is 19.9 Å². The second-order valence-corrected chi connectivity index (χ2v) is 4.10. The van der Waals surface area contributed by atoms with Gasteiger partial charge in [-0.2, -0.15) is 0 Å². The molecule has 0 bridgehead atoms. The Morgan fingerprint density at radius 3 is 2.82 bits per heavy atom. The van der Waals surface area contributed by atoms with Crippen molar-refractivity contribution in [2.75, 3.05) is 13.9 Å². The predicted molar refractivity (Wildman–Crippen MR) is 65.7 cm³/mol. The fourth-order valence-electron chi connectivity index (χ4n) is 1.03. The zero-order valence-corrected chi connectivity index (χ0v) is 11.2. The standard InChI is InChI=1S/C11H14BrNO4/c1-7(15-2)16-6-17-10-5-8(11(13)14)3-4-9(10)12/h3-5,7H,6H2,1-2H3,(H2,13,14). The predicted octanol–water partition coefficient (Wildman–Crippen LogP) is 1.89. The number of carbonyl (C=O) groups excluding carboxylic acids is 1. The lowest BCUT2D eigenvalue weighted by Crippen LogP contribution is -2.15. The van der Waals surface area contributed by atoms with E-state index < -0.39 is 5.91 Å². The number of carbonyl (C=O) groups is 1. The van der Waals surface area contributed by atoms with Crippen molar-refractivity contribution in [1.29, 1.82) is 0 Å². The van der Waals surface area contributed by atoms with Crippen molar-refractivity contribution in [2.24, 2.45) is 5.73 Å². The molecule has 0 aliphatic rings. The van der Waals surface area contributed by atoms with E-state index in [1.165, 1.54) is 7.11 Å². The second-order valence-electron chi connectivity index (χ2n) is 3.24. The maximum atomic E-state index is 11.0. The average molecular weight is 304 g/mol. The molecule has 0 saturated heterocycles. The van der Waals surface area contributed by atoms with E-state index in [1.807, 2.05) is 0 Å². The Hall–Kier alpha value is -1.11. The smallest absolute Gasteiger partial charge is 0.248 e. The highest BCUT2D eigenvalue weighted by molar-refractivity contribution is 9.10. The third-order valence-electron chi connectivity index (χ3n) is 2.06. The lowest BCUT2D eigenvalue weighted by atomic mass is 10.2. The molecular weight excluding hydrogens is 290 g/mol. The normalized spacial score (nSPS) is 12.2. The van der Waals surface area contributed by atoms with Crippen molar-refractivity contribution in [2.45, 2.75) is 13.2 Å². The molecule has 17 heavy (non-hydrogen) atoms. The molecule has 1 unspecified atom stereocenters. The van der Waals surface area contributed by atoms with Crippen LogP contribution < -0.4 is 10.5 Å². The summed E-state index contributed by atoms with van der Waals surface area (Å²) >= 11 is 3.30. The van der Waals surface area contributed by atoms with Crippen LogP contribution >= 0.6 is 15.9 Å². The van der Waals surface area contributed by atoms with Gasteiger partial charge in [0.2, 0.25) is 5.91 Å². The zero-order chi connectivity index (χ0) is 12.8. The molecule has 0 aromatic heterocycles. The van der Waals surface area contributed by atoms with Gasteiger partial charge in [0.15, 0.2) is 13.1 Å². The van der Waals surface area contributed by atoms with E-state index in [0.717, 1.165) is 4.47 Å². The number of hydrogen-bond acceptors (Lipinski definition) is 4. The first kappa shape index (κ1) is 14.0. The fourth-order valence-corrected chi connectivity index (χ4v) is 1.39. The number of amides is 1. The maximum absolute atomic E-state index is 11.0. The molecule has 0 fully saturated rings. The quantitative estimate of drug-likeness (QED) is 0.815. The molecule has 0 aliphatic carbocycles. The number of rotatable bonds is 6. The van der Waals surface area contributed by atoms with Crippen LogP contribution in [-0.4, -0.2) is 26.1 Å². The number of hydrogen-bond donors (Lipinski definition) is 1. The monoisotopic (exact) mass is 303 g/mol. The summed E-state index contributed by atoms with van der Waals surface area (Å²) in [7, 11) is 1.54. The van der Waals surface area contributed by atoms with E-state index in [1.54, 1.807) is 25.1 Å².